The minimum absolute atomic E-state index is 0.0572. The van der Waals surface area contributed by atoms with Gasteiger partial charge in [0.05, 0.1) is 11.6 Å². The molecule has 0 N–H and O–H groups in total. The normalized spacial score (nSPS) is 11.8. The largest absolute Gasteiger partial charge is 0.490 e. The summed E-state index contributed by atoms with van der Waals surface area (Å²) in [5, 5.41) is 20.1. The van der Waals surface area contributed by atoms with E-state index in [1.54, 1.807) is 37.3 Å². The van der Waals surface area contributed by atoms with Crippen LogP contribution >= 0.6 is 23.4 Å². The fourth-order valence-electron chi connectivity index (χ4n) is 3.71. The maximum absolute atomic E-state index is 14.1. The molecule has 0 aliphatic heterocycles. The Morgan fingerprint density at radius 1 is 1.11 bits per heavy atom. The molecule has 0 fully saturated rings. The van der Waals surface area contributed by atoms with Crippen LogP contribution in [0.2, 0.25) is 5.02 Å². The van der Waals surface area contributed by atoms with Gasteiger partial charge in [-0.05, 0) is 49.7 Å². The van der Waals surface area contributed by atoms with Crippen molar-refractivity contribution in [3.63, 3.8) is 0 Å². The number of benzene rings is 3. The first-order valence-electron chi connectivity index (χ1n) is 11.5. The number of halogens is 2. The third-order valence-corrected chi connectivity index (χ3v) is 6.87. The van der Waals surface area contributed by atoms with E-state index in [4.69, 9.17) is 21.1 Å². The fourth-order valence-corrected chi connectivity index (χ4v) is 5.14. The summed E-state index contributed by atoms with van der Waals surface area (Å²) in [4.78, 5) is 11.2. The molecule has 0 radical (unpaired) electrons. The lowest BCUT2D eigenvalue weighted by molar-refractivity contribution is -0.479. The Labute approximate surface area is 222 Å². The Balaban J connectivity index is 1.67. The molecule has 4 rings (SSSR count). The van der Waals surface area contributed by atoms with Gasteiger partial charge in [-0.25, -0.2) is 4.39 Å². The third-order valence-electron chi connectivity index (χ3n) is 5.41. The van der Waals surface area contributed by atoms with E-state index in [0.717, 1.165) is 5.69 Å². The Kier molecular flexibility index (Phi) is 8.62. The molecule has 0 spiro atoms. The van der Waals surface area contributed by atoms with Gasteiger partial charge >= 0.3 is 0 Å². The van der Waals surface area contributed by atoms with Crippen molar-refractivity contribution >= 4 is 23.4 Å². The third kappa shape index (κ3) is 6.39. The van der Waals surface area contributed by atoms with E-state index >= 15 is 0 Å². The minimum atomic E-state index is -0.654. The van der Waals surface area contributed by atoms with Gasteiger partial charge in [-0.2, -0.15) is 0 Å². The number of rotatable bonds is 11. The number of para-hydroxylation sites is 1. The van der Waals surface area contributed by atoms with Crippen LogP contribution in [0.5, 0.6) is 11.5 Å². The van der Waals surface area contributed by atoms with Crippen molar-refractivity contribution in [3.8, 4) is 17.2 Å². The number of aryl methyl sites for hydroxylation is 1. The highest BCUT2D eigenvalue weighted by atomic mass is 35.5. The van der Waals surface area contributed by atoms with Crippen molar-refractivity contribution < 1.29 is 18.8 Å². The first kappa shape index (κ1) is 26.4. The number of hydrogen-bond acceptors (Lipinski definition) is 7. The van der Waals surface area contributed by atoms with Crippen molar-refractivity contribution in [1.29, 1.82) is 0 Å². The second-order valence-corrected chi connectivity index (χ2v) is 9.54. The van der Waals surface area contributed by atoms with Gasteiger partial charge in [-0.15, -0.1) is 10.2 Å². The van der Waals surface area contributed by atoms with Crippen molar-refractivity contribution in [2.45, 2.75) is 30.9 Å². The van der Waals surface area contributed by atoms with Crippen molar-refractivity contribution in [3.05, 3.63) is 105 Å². The van der Waals surface area contributed by atoms with Crippen molar-refractivity contribution in [2.75, 3.05) is 13.2 Å². The van der Waals surface area contributed by atoms with E-state index in [2.05, 4.69) is 10.2 Å². The van der Waals surface area contributed by atoms with Crippen LogP contribution in [0.25, 0.3) is 5.69 Å². The van der Waals surface area contributed by atoms with Gasteiger partial charge in [-0.1, -0.05) is 59.8 Å². The lowest BCUT2D eigenvalue weighted by Gasteiger charge is -2.19. The molecule has 1 atom stereocenters. The van der Waals surface area contributed by atoms with Crippen LogP contribution in [0.15, 0.2) is 71.9 Å². The van der Waals surface area contributed by atoms with E-state index in [-0.39, 0.29) is 28.8 Å². The van der Waals surface area contributed by atoms with E-state index < -0.39 is 11.1 Å². The molecule has 0 aliphatic carbocycles. The van der Waals surface area contributed by atoms with Gasteiger partial charge in [0.15, 0.2) is 16.7 Å². The molecule has 0 saturated heterocycles. The number of aromatic nitrogens is 3. The Morgan fingerprint density at radius 3 is 2.54 bits per heavy atom. The lowest BCUT2D eigenvalue weighted by atomic mass is 10.1. The first-order valence-corrected chi connectivity index (χ1v) is 12.7. The molecule has 11 heteroatoms. The number of nitrogens with zero attached hydrogens (tertiary/aromatic N) is 4. The maximum Gasteiger partial charge on any atom is 0.220 e. The van der Waals surface area contributed by atoms with Gasteiger partial charge in [0.2, 0.25) is 6.54 Å². The average molecular weight is 543 g/mol. The van der Waals surface area contributed by atoms with Crippen LogP contribution in [-0.2, 0) is 6.61 Å². The van der Waals surface area contributed by atoms with E-state index in [0.29, 0.717) is 34.5 Å². The van der Waals surface area contributed by atoms with E-state index in [9.17, 15) is 14.5 Å². The fraction of sp³-hybridized carbons (Fsp3) is 0.231. The summed E-state index contributed by atoms with van der Waals surface area (Å²) >= 11 is 7.79. The summed E-state index contributed by atoms with van der Waals surface area (Å²) in [5.41, 5.74) is 1.77. The lowest BCUT2D eigenvalue weighted by Crippen LogP contribution is -2.12. The predicted molar refractivity (Wildman–Crippen MR) is 140 cm³/mol. The van der Waals surface area contributed by atoms with Crippen LogP contribution in [0.4, 0.5) is 4.39 Å². The van der Waals surface area contributed by atoms with Crippen molar-refractivity contribution in [2.24, 2.45) is 0 Å². The second-order valence-electron chi connectivity index (χ2n) is 7.97. The summed E-state index contributed by atoms with van der Waals surface area (Å²) in [7, 11) is 0. The summed E-state index contributed by atoms with van der Waals surface area (Å²) < 4.78 is 27.5. The van der Waals surface area contributed by atoms with Crippen LogP contribution in [0.1, 0.15) is 29.1 Å². The molecule has 0 saturated carbocycles. The SMILES string of the molecule is CCOc1cc([C@@H](C[N+](=O)[O-])Sc2nnc(C)n2-c2ccccc2)cc(Cl)c1OCc1ccccc1F. The van der Waals surface area contributed by atoms with Gasteiger partial charge in [-0.3, -0.25) is 14.7 Å². The molecule has 0 aliphatic rings. The number of hydrogen-bond donors (Lipinski definition) is 0. The molecule has 3 aromatic carbocycles. The summed E-state index contributed by atoms with van der Waals surface area (Å²) in [6, 6.07) is 19.1. The molecule has 1 aromatic heterocycles. The molecular weight excluding hydrogens is 519 g/mol. The van der Waals surface area contributed by atoms with Gasteiger partial charge < -0.3 is 9.47 Å². The van der Waals surface area contributed by atoms with Crippen LogP contribution in [0, 0.1) is 22.9 Å². The molecule has 0 bridgehead atoms. The summed E-state index contributed by atoms with van der Waals surface area (Å²) in [6.45, 7) is 3.49. The molecule has 1 heterocycles. The van der Waals surface area contributed by atoms with Crippen LogP contribution in [0.3, 0.4) is 0 Å². The zero-order chi connectivity index (χ0) is 26.4. The number of ether oxygens (including phenoxy) is 2. The quantitative estimate of drug-likeness (QED) is 0.122. The van der Waals surface area contributed by atoms with E-state index in [1.807, 2.05) is 41.8 Å². The van der Waals surface area contributed by atoms with Crippen LogP contribution in [-0.4, -0.2) is 32.8 Å². The standard InChI is InChI=1S/C26H24ClFN4O4S/c1-3-35-23-14-19(13-21(27)25(23)36-16-18-9-7-8-12-22(18)28)24(15-31(33)34)37-26-30-29-17(2)32(26)20-10-5-4-6-11-20/h4-14,24H,3,15-16H2,1-2H3/t24-/m1/s1. The molecule has 192 valence electrons. The highest BCUT2D eigenvalue weighted by molar-refractivity contribution is 7.99. The highest BCUT2D eigenvalue weighted by Gasteiger charge is 2.26. The predicted octanol–water partition coefficient (Wildman–Crippen LogP) is 6.46. The number of nitro groups is 1. The minimum Gasteiger partial charge on any atom is -0.490 e. The maximum atomic E-state index is 14.1. The Bertz CT molecular complexity index is 1390. The summed E-state index contributed by atoms with van der Waals surface area (Å²) in [5.74, 6) is 0.812. The smallest absolute Gasteiger partial charge is 0.220 e. The Morgan fingerprint density at radius 2 is 1.84 bits per heavy atom. The molecule has 8 nitrogen and oxygen atoms in total. The monoisotopic (exact) mass is 542 g/mol. The highest BCUT2D eigenvalue weighted by Crippen LogP contribution is 2.43. The van der Waals surface area contributed by atoms with E-state index in [1.165, 1.54) is 17.8 Å². The van der Waals surface area contributed by atoms with Crippen molar-refractivity contribution in [1.82, 2.24) is 14.8 Å². The first-order chi connectivity index (χ1) is 17.9. The molecule has 0 amide bonds. The zero-order valence-electron chi connectivity index (χ0n) is 20.1. The molecule has 37 heavy (non-hydrogen) atoms. The molecule has 0 unspecified atom stereocenters. The number of thioether (sulfide) groups is 1. The second kappa shape index (κ2) is 12.1. The average Bonchev–Trinajstić information content (AvgIpc) is 3.24. The Hall–Kier alpha value is -3.63. The molecule has 4 aromatic rings. The van der Waals surface area contributed by atoms with Gasteiger partial charge in [0.1, 0.15) is 23.5 Å². The zero-order valence-corrected chi connectivity index (χ0v) is 21.7. The topological polar surface area (TPSA) is 92.3 Å². The molecular formula is C26H24ClFN4O4S. The summed E-state index contributed by atoms with van der Waals surface area (Å²) in [6.07, 6.45) is 0. The van der Waals surface area contributed by atoms with Gasteiger partial charge in [0.25, 0.3) is 0 Å². The van der Waals surface area contributed by atoms with Crippen LogP contribution < -0.4 is 9.47 Å². The van der Waals surface area contributed by atoms with Gasteiger partial charge in [0, 0.05) is 16.2 Å².